The maximum Gasteiger partial charge on any atom is 0.240 e. The number of Topliss-reactive ketones (excluding diaryl/α,β-unsaturated/α-hetero) is 1. The lowest BCUT2D eigenvalue weighted by Gasteiger charge is -2.21. The fourth-order valence-corrected chi connectivity index (χ4v) is 2.59. The third kappa shape index (κ3) is 2.93. The zero-order chi connectivity index (χ0) is 12.8. The normalized spacial score (nSPS) is 20.4. The Morgan fingerprint density at radius 1 is 1.22 bits per heavy atom. The first kappa shape index (κ1) is 12.7. The predicted octanol–water partition coefficient (Wildman–Crippen LogP) is 3.24. The van der Waals surface area contributed by atoms with Gasteiger partial charge in [-0.3, -0.25) is 4.79 Å². The molecule has 18 heavy (non-hydrogen) atoms. The average molecular weight is 243 g/mol. The van der Waals surface area contributed by atoms with Gasteiger partial charge in [0.15, 0.2) is 5.78 Å². The van der Waals surface area contributed by atoms with Gasteiger partial charge in [0.25, 0.3) is 0 Å². The van der Waals surface area contributed by atoms with E-state index in [1.54, 1.807) is 12.2 Å². The summed E-state index contributed by atoms with van der Waals surface area (Å²) < 4.78 is 0. The second kappa shape index (κ2) is 6.27. The maximum atomic E-state index is 12.5. The summed E-state index contributed by atoms with van der Waals surface area (Å²) >= 11 is 0. The van der Waals surface area contributed by atoms with Crippen LogP contribution in [-0.4, -0.2) is 11.9 Å². The van der Waals surface area contributed by atoms with Crippen molar-refractivity contribution in [3.8, 4) is 0 Å². The number of ketones is 1. The topological polar surface area (TPSA) is 46.5 Å². The summed E-state index contributed by atoms with van der Waals surface area (Å²) in [5.41, 5.74) is 1.14. The second-order valence-electron chi connectivity index (χ2n) is 4.75. The molecule has 1 saturated carbocycles. The lowest BCUT2D eigenvalue weighted by molar-refractivity contribution is -0.119. The number of carbonyl (C=O) groups excluding carboxylic acids is 2. The number of aliphatic imine (C=N–C) groups is 1. The molecule has 2 aliphatic carbocycles. The highest BCUT2D eigenvalue weighted by atomic mass is 16.1. The number of rotatable bonds is 3. The van der Waals surface area contributed by atoms with Gasteiger partial charge in [-0.1, -0.05) is 37.5 Å². The highest BCUT2D eigenvalue weighted by Crippen LogP contribution is 2.29. The molecule has 1 fully saturated rings. The first-order valence-corrected chi connectivity index (χ1v) is 6.51. The largest absolute Gasteiger partial charge is 0.294 e. The van der Waals surface area contributed by atoms with Crippen molar-refractivity contribution in [3.63, 3.8) is 0 Å². The molecule has 0 unspecified atom stereocenters. The standard InChI is InChI=1S/C15H17NO2/c17-11-16-14-10-6-2-5-9-13(14)15(18)12-7-3-1-4-8-12/h2,5-6,9,12H,1,3-4,7-8,10H2. The predicted molar refractivity (Wildman–Crippen MR) is 69.6 cm³/mol. The van der Waals surface area contributed by atoms with Crippen LogP contribution in [0, 0.1) is 5.92 Å². The van der Waals surface area contributed by atoms with Crippen molar-refractivity contribution in [2.75, 3.05) is 0 Å². The van der Waals surface area contributed by atoms with Crippen LogP contribution in [0.5, 0.6) is 0 Å². The number of isocyanates is 1. The number of hydrogen-bond donors (Lipinski definition) is 0. The first-order valence-electron chi connectivity index (χ1n) is 6.51. The highest BCUT2D eigenvalue weighted by Gasteiger charge is 2.25. The van der Waals surface area contributed by atoms with Gasteiger partial charge in [0.05, 0.1) is 5.70 Å². The molecule has 0 atom stereocenters. The van der Waals surface area contributed by atoms with E-state index in [2.05, 4.69) is 4.99 Å². The minimum atomic E-state index is 0.105. The number of allylic oxidation sites excluding steroid dienone is 5. The summed E-state index contributed by atoms with van der Waals surface area (Å²) in [4.78, 5) is 26.6. The van der Waals surface area contributed by atoms with Gasteiger partial charge in [-0.05, 0) is 18.9 Å². The van der Waals surface area contributed by atoms with E-state index in [-0.39, 0.29) is 11.7 Å². The Bertz CT molecular complexity index is 459. The second-order valence-corrected chi connectivity index (χ2v) is 4.75. The molecule has 0 heterocycles. The fraction of sp³-hybridized carbons (Fsp3) is 0.467. The van der Waals surface area contributed by atoms with Crippen molar-refractivity contribution in [2.24, 2.45) is 10.9 Å². The Balaban J connectivity index is 2.26. The van der Waals surface area contributed by atoms with Crippen LogP contribution in [-0.2, 0) is 9.59 Å². The minimum absolute atomic E-state index is 0.105. The number of hydrogen-bond acceptors (Lipinski definition) is 3. The van der Waals surface area contributed by atoms with Crippen LogP contribution >= 0.6 is 0 Å². The fourth-order valence-electron chi connectivity index (χ4n) is 2.59. The lowest BCUT2D eigenvalue weighted by Crippen LogP contribution is -2.19. The molecule has 0 aromatic carbocycles. The zero-order valence-electron chi connectivity index (χ0n) is 10.4. The van der Waals surface area contributed by atoms with Crippen LogP contribution < -0.4 is 0 Å². The zero-order valence-corrected chi connectivity index (χ0v) is 10.4. The molecule has 0 amide bonds. The molecule has 0 aromatic rings. The molecular formula is C15H17NO2. The molecule has 0 aliphatic heterocycles. The van der Waals surface area contributed by atoms with Crippen LogP contribution in [0.1, 0.15) is 38.5 Å². The Morgan fingerprint density at radius 2 is 2.00 bits per heavy atom. The van der Waals surface area contributed by atoms with Crippen LogP contribution in [0.3, 0.4) is 0 Å². The van der Waals surface area contributed by atoms with E-state index in [1.165, 1.54) is 6.42 Å². The molecule has 0 N–H and O–H groups in total. The summed E-state index contributed by atoms with van der Waals surface area (Å²) in [5, 5.41) is 0. The van der Waals surface area contributed by atoms with Gasteiger partial charge in [-0.2, -0.15) is 4.99 Å². The molecule has 0 bridgehead atoms. The third-order valence-corrected chi connectivity index (χ3v) is 3.55. The molecule has 0 radical (unpaired) electrons. The van der Waals surface area contributed by atoms with Crippen molar-refractivity contribution in [3.05, 3.63) is 35.6 Å². The van der Waals surface area contributed by atoms with Crippen molar-refractivity contribution in [1.82, 2.24) is 0 Å². The van der Waals surface area contributed by atoms with Gasteiger partial charge < -0.3 is 0 Å². The van der Waals surface area contributed by atoms with Gasteiger partial charge in [-0.25, -0.2) is 4.79 Å². The van der Waals surface area contributed by atoms with Crippen molar-refractivity contribution >= 4 is 11.9 Å². The molecular weight excluding hydrogens is 226 g/mol. The molecule has 0 spiro atoms. The van der Waals surface area contributed by atoms with Crippen molar-refractivity contribution in [2.45, 2.75) is 38.5 Å². The minimum Gasteiger partial charge on any atom is -0.294 e. The summed E-state index contributed by atoms with van der Waals surface area (Å²) in [6.07, 6.45) is 14.8. The Labute approximate surface area is 107 Å². The van der Waals surface area contributed by atoms with E-state index in [0.717, 1.165) is 25.7 Å². The molecule has 3 nitrogen and oxygen atoms in total. The maximum absolute atomic E-state index is 12.5. The monoisotopic (exact) mass is 243 g/mol. The van der Waals surface area contributed by atoms with Gasteiger partial charge in [0, 0.05) is 17.9 Å². The van der Waals surface area contributed by atoms with E-state index in [9.17, 15) is 9.59 Å². The Kier molecular flexibility index (Phi) is 4.43. The summed E-state index contributed by atoms with van der Waals surface area (Å²) in [6.45, 7) is 0. The SMILES string of the molecule is O=C=NC1=C(C(=O)C2CCCCC2)C=CC=CC1. The summed E-state index contributed by atoms with van der Waals surface area (Å²) in [7, 11) is 0. The van der Waals surface area contributed by atoms with E-state index >= 15 is 0 Å². The van der Waals surface area contributed by atoms with Crippen molar-refractivity contribution < 1.29 is 9.59 Å². The molecule has 2 aliphatic rings. The number of carbonyl (C=O) groups is 1. The smallest absolute Gasteiger partial charge is 0.240 e. The van der Waals surface area contributed by atoms with Crippen LogP contribution in [0.2, 0.25) is 0 Å². The quantitative estimate of drug-likeness (QED) is 0.564. The molecule has 94 valence electrons. The van der Waals surface area contributed by atoms with E-state index in [4.69, 9.17) is 0 Å². The van der Waals surface area contributed by atoms with Gasteiger partial charge in [0.1, 0.15) is 0 Å². The molecule has 0 saturated heterocycles. The summed E-state index contributed by atoms with van der Waals surface area (Å²) in [5.74, 6) is 0.247. The van der Waals surface area contributed by atoms with Crippen LogP contribution in [0.25, 0.3) is 0 Å². The van der Waals surface area contributed by atoms with E-state index in [1.807, 2.05) is 18.2 Å². The van der Waals surface area contributed by atoms with E-state index in [0.29, 0.717) is 17.7 Å². The average Bonchev–Trinajstić information content (AvgIpc) is 2.65. The van der Waals surface area contributed by atoms with Gasteiger partial charge >= 0.3 is 0 Å². The van der Waals surface area contributed by atoms with E-state index < -0.39 is 0 Å². The molecule has 0 aromatic heterocycles. The highest BCUT2D eigenvalue weighted by molar-refractivity contribution is 6.00. The molecule has 2 rings (SSSR count). The number of nitrogens with zero attached hydrogens (tertiary/aromatic N) is 1. The van der Waals surface area contributed by atoms with Gasteiger partial charge in [0.2, 0.25) is 6.08 Å². The third-order valence-electron chi connectivity index (χ3n) is 3.55. The first-order chi connectivity index (χ1) is 8.83. The Hall–Kier alpha value is -1.73. The van der Waals surface area contributed by atoms with Crippen LogP contribution in [0.15, 0.2) is 40.6 Å². The van der Waals surface area contributed by atoms with Gasteiger partial charge in [-0.15, -0.1) is 0 Å². The molecule has 3 heteroatoms. The summed E-state index contributed by atoms with van der Waals surface area (Å²) in [6, 6.07) is 0. The van der Waals surface area contributed by atoms with Crippen molar-refractivity contribution in [1.29, 1.82) is 0 Å². The Morgan fingerprint density at radius 3 is 2.72 bits per heavy atom. The van der Waals surface area contributed by atoms with Crippen LogP contribution in [0.4, 0.5) is 0 Å². The lowest BCUT2D eigenvalue weighted by atomic mass is 9.83.